The van der Waals surface area contributed by atoms with Crippen LogP contribution < -0.4 is 15.4 Å². The lowest BCUT2D eigenvalue weighted by Crippen LogP contribution is -2.35. The first-order valence-electron chi connectivity index (χ1n) is 6.84. The molecule has 2 aromatic rings. The van der Waals surface area contributed by atoms with Crippen LogP contribution in [-0.2, 0) is 9.59 Å². The maximum atomic E-state index is 13.0. The first kappa shape index (κ1) is 18.4. The third kappa shape index (κ3) is 5.61. The van der Waals surface area contributed by atoms with Gasteiger partial charge in [-0.15, -0.1) is 0 Å². The Bertz CT molecular complexity index is 756. The molecular weight excluding hydrogens is 447 g/mol. The van der Waals surface area contributed by atoms with Crippen LogP contribution in [0.1, 0.15) is 0 Å². The van der Waals surface area contributed by atoms with E-state index in [1.54, 1.807) is 18.2 Å². The predicted octanol–water partition coefficient (Wildman–Crippen LogP) is 3.48. The summed E-state index contributed by atoms with van der Waals surface area (Å²) in [7, 11) is 0. The molecule has 5 nitrogen and oxygen atoms in total. The van der Waals surface area contributed by atoms with E-state index in [1.165, 1.54) is 18.2 Å². The topological polar surface area (TPSA) is 67.4 Å². The number of nitrogens with one attached hydrogen (secondary N) is 2. The SMILES string of the molecule is O=C(COc1ccc(F)cc1Br)NCC(=O)Nc1ccccc1Br. The summed E-state index contributed by atoms with van der Waals surface area (Å²) in [5, 5.41) is 5.11. The standard InChI is InChI=1S/C16H13Br2FN2O3/c17-11-3-1-2-4-13(11)21-15(22)8-20-16(23)9-24-14-6-5-10(19)7-12(14)18/h1-7H,8-9H2,(H,20,23)(H,21,22). The molecule has 0 unspecified atom stereocenters. The molecule has 0 aliphatic rings. The molecule has 0 saturated heterocycles. The second kappa shape index (κ2) is 8.79. The number of carbonyl (C=O) groups is 2. The fraction of sp³-hybridized carbons (Fsp3) is 0.125. The largest absolute Gasteiger partial charge is 0.483 e. The lowest BCUT2D eigenvalue weighted by Gasteiger charge is -2.10. The number of ether oxygens (including phenoxy) is 1. The van der Waals surface area contributed by atoms with Crippen LogP contribution >= 0.6 is 31.9 Å². The van der Waals surface area contributed by atoms with Crippen LogP contribution in [0.25, 0.3) is 0 Å². The minimum atomic E-state index is -0.464. The Hall–Kier alpha value is -1.93. The van der Waals surface area contributed by atoms with Gasteiger partial charge < -0.3 is 15.4 Å². The van der Waals surface area contributed by atoms with Gasteiger partial charge in [-0.05, 0) is 62.2 Å². The zero-order valence-electron chi connectivity index (χ0n) is 12.3. The molecule has 0 saturated carbocycles. The van der Waals surface area contributed by atoms with Crippen LogP contribution in [0, 0.1) is 5.82 Å². The molecule has 2 amide bonds. The van der Waals surface area contributed by atoms with Gasteiger partial charge in [-0.2, -0.15) is 0 Å². The van der Waals surface area contributed by atoms with Gasteiger partial charge in [0.05, 0.1) is 16.7 Å². The summed E-state index contributed by atoms with van der Waals surface area (Å²) in [6, 6.07) is 11.0. The summed E-state index contributed by atoms with van der Waals surface area (Å²) in [6.07, 6.45) is 0. The van der Waals surface area contributed by atoms with Crippen molar-refractivity contribution in [3.8, 4) is 5.75 Å². The van der Waals surface area contributed by atoms with E-state index in [9.17, 15) is 14.0 Å². The Morgan fingerprint density at radius 1 is 1.04 bits per heavy atom. The minimum absolute atomic E-state index is 0.186. The monoisotopic (exact) mass is 458 g/mol. The molecular formula is C16H13Br2FN2O3. The van der Waals surface area contributed by atoms with Gasteiger partial charge in [-0.25, -0.2) is 4.39 Å². The zero-order chi connectivity index (χ0) is 17.5. The van der Waals surface area contributed by atoms with Crippen LogP contribution in [0.5, 0.6) is 5.75 Å². The van der Waals surface area contributed by atoms with E-state index in [1.807, 2.05) is 6.07 Å². The Morgan fingerprint density at radius 2 is 1.79 bits per heavy atom. The predicted molar refractivity (Wildman–Crippen MR) is 95.4 cm³/mol. The van der Waals surface area contributed by atoms with Crippen molar-refractivity contribution < 1.29 is 18.7 Å². The van der Waals surface area contributed by atoms with Crippen LogP contribution in [0.4, 0.5) is 10.1 Å². The van der Waals surface area contributed by atoms with Gasteiger partial charge in [0.15, 0.2) is 6.61 Å². The zero-order valence-corrected chi connectivity index (χ0v) is 15.5. The minimum Gasteiger partial charge on any atom is -0.483 e. The normalized spacial score (nSPS) is 10.1. The number of rotatable bonds is 6. The van der Waals surface area contributed by atoms with Gasteiger partial charge in [0.25, 0.3) is 5.91 Å². The molecule has 0 atom stereocenters. The average molecular weight is 460 g/mol. The van der Waals surface area contributed by atoms with Crippen LogP contribution in [-0.4, -0.2) is 25.0 Å². The Kier molecular flexibility index (Phi) is 6.74. The molecule has 2 rings (SSSR count). The third-order valence-electron chi connectivity index (χ3n) is 2.85. The van der Waals surface area contributed by atoms with E-state index < -0.39 is 11.7 Å². The van der Waals surface area contributed by atoms with Gasteiger partial charge in [-0.3, -0.25) is 9.59 Å². The van der Waals surface area contributed by atoms with Crippen molar-refractivity contribution in [2.75, 3.05) is 18.5 Å². The molecule has 0 spiro atoms. The van der Waals surface area contributed by atoms with Gasteiger partial charge in [0.1, 0.15) is 11.6 Å². The number of anilines is 1. The number of carbonyl (C=O) groups excluding carboxylic acids is 2. The van der Waals surface area contributed by atoms with Gasteiger partial charge in [0, 0.05) is 4.47 Å². The second-order valence-electron chi connectivity index (χ2n) is 4.67. The molecule has 0 aromatic heterocycles. The van der Waals surface area contributed by atoms with Crippen molar-refractivity contribution in [3.05, 3.63) is 57.2 Å². The van der Waals surface area contributed by atoms with E-state index in [2.05, 4.69) is 42.5 Å². The number of hydrogen-bond acceptors (Lipinski definition) is 3. The van der Waals surface area contributed by atoms with Crippen molar-refractivity contribution in [2.45, 2.75) is 0 Å². The van der Waals surface area contributed by atoms with E-state index in [0.29, 0.717) is 15.9 Å². The van der Waals surface area contributed by atoms with E-state index in [4.69, 9.17) is 4.74 Å². The van der Waals surface area contributed by atoms with Crippen molar-refractivity contribution in [2.24, 2.45) is 0 Å². The highest BCUT2D eigenvalue weighted by atomic mass is 79.9. The Labute approximate surface area is 154 Å². The van der Waals surface area contributed by atoms with Crippen LogP contribution in [0.2, 0.25) is 0 Å². The number of benzene rings is 2. The molecule has 24 heavy (non-hydrogen) atoms. The van der Waals surface area contributed by atoms with E-state index in [0.717, 1.165) is 4.47 Å². The highest BCUT2D eigenvalue weighted by Crippen LogP contribution is 2.25. The van der Waals surface area contributed by atoms with E-state index >= 15 is 0 Å². The highest BCUT2D eigenvalue weighted by Gasteiger charge is 2.09. The molecule has 0 heterocycles. The lowest BCUT2D eigenvalue weighted by molar-refractivity contribution is -0.125. The molecule has 0 aliphatic heterocycles. The van der Waals surface area contributed by atoms with Crippen molar-refractivity contribution >= 4 is 49.4 Å². The quantitative estimate of drug-likeness (QED) is 0.694. The number of halogens is 3. The fourth-order valence-electron chi connectivity index (χ4n) is 1.72. The van der Waals surface area contributed by atoms with Gasteiger partial charge in [0.2, 0.25) is 5.91 Å². The van der Waals surface area contributed by atoms with Gasteiger partial charge >= 0.3 is 0 Å². The highest BCUT2D eigenvalue weighted by molar-refractivity contribution is 9.11. The molecule has 0 fully saturated rings. The second-order valence-corrected chi connectivity index (χ2v) is 6.38. The molecule has 2 N–H and O–H groups in total. The maximum absolute atomic E-state index is 13.0. The maximum Gasteiger partial charge on any atom is 0.258 e. The molecule has 126 valence electrons. The first-order valence-corrected chi connectivity index (χ1v) is 8.43. The van der Waals surface area contributed by atoms with Crippen LogP contribution in [0.15, 0.2) is 51.4 Å². The van der Waals surface area contributed by atoms with Crippen LogP contribution in [0.3, 0.4) is 0 Å². The first-order chi connectivity index (χ1) is 11.5. The summed E-state index contributed by atoms with van der Waals surface area (Å²) < 4.78 is 19.4. The number of para-hydroxylation sites is 1. The molecule has 0 bridgehead atoms. The molecule has 2 aromatic carbocycles. The summed E-state index contributed by atoms with van der Waals surface area (Å²) in [5.74, 6) is -0.904. The summed E-state index contributed by atoms with van der Waals surface area (Å²) in [4.78, 5) is 23.5. The van der Waals surface area contributed by atoms with Gasteiger partial charge in [-0.1, -0.05) is 12.1 Å². The van der Waals surface area contributed by atoms with E-state index in [-0.39, 0.29) is 19.1 Å². The smallest absolute Gasteiger partial charge is 0.258 e. The average Bonchev–Trinajstić information content (AvgIpc) is 2.54. The third-order valence-corrected chi connectivity index (χ3v) is 4.16. The van der Waals surface area contributed by atoms with Crippen molar-refractivity contribution in [1.82, 2.24) is 5.32 Å². The summed E-state index contributed by atoms with van der Waals surface area (Å²) in [5.41, 5.74) is 0.614. The Balaban J connectivity index is 1.76. The van der Waals surface area contributed by atoms with Crippen molar-refractivity contribution in [1.29, 1.82) is 0 Å². The molecule has 0 aliphatic carbocycles. The fourth-order valence-corrected chi connectivity index (χ4v) is 2.57. The molecule has 0 radical (unpaired) electrons. The Morgan fingerprint density at radius 3 is 2.50 bits per heavy atom. The summed E-state index contributed by atoms with van der Waals surface area (Å²) in [6.45, 7) is -0.472. The lowest BCUT2D eigenvalue weighted by atomic mass is 10.3. The molecule has 8 heteroatoms. The number of hydrogen-bond donors (Lipinski definition) is 2. The summed E-state index contributed by atoms with van der Waals surface area (Å²) >= 11 is 6.45. The van der Waals surface area contributed by atoms with Crippen molar-refractivity contribution in [3.63, 3.8) is 0 Å². The number of amides is 2.